The zero-order chi connectivity index (χ0) is 24.7. The number of nitrogens with one attached hydrogen (secondary N) is 1. The van der Waals surface area contributed by atoms with Crippen LogP contribution in [0.5, 0.6) is 0 Å². The zero-order valence-corrected chi connectivity index (χ0v) is 19.5. The van der Waals surface area contributed by atoms with Crippen LogP contribution in [-0.4, -0.2) is 19.7 Å². The molecule has 0 spiro atoms. The minimum absolute atomic E-state index is 0.0768. The number of para-hydroxylation sites is 1. The molecule has 0 aliphatic heterocycles. The van der Waals surface area contributed by atoms with Crippen molar-refractivity contribution >= 4 is 10.9 Å². The van der Waals surface area contributed by atoms with Crippen molar-refractivity contribution in [2.75, 3.05) is 0 Å². The fourth-order valence-electron chi connectivity index (χ4n) is 3.95. The van der Waals surface area contributed by atoms with Gasteiger partial charge in [0.25, 0.3) is 11.4 Å². The highest BCUT2D eigenvalue weighted by Crippen LogP contribution is 2.24. The van der Waals surface area contributed by atoms with Crippen LogP contribution >= 0.6 is 0 Å². The maximum Gasteiger partial charge on any atom is 0.333 e. The molecule has 0 amide bonds. The van der Waals surface area contributed by atoms with Crippen molar-refractivity contribution in [3.05, 3.63) is 110 Å². The Bertz CT molecular complexity index is 1660. The fraction of sp³-hybridized carbons (Fsp3) is 0.185. The minimum atomic E-state index is -0.741. The summed E-state index contributed by atoms with van der Waals surface area (Å²) in [5.41, 5.74) is 1.76. The van der Waals surface area contributed by atoms with Gasteiger partial charge in [-0.25, -0.2) is 13.8 Å². The summed E-state index contributed by atoms with van der Waals surface area (Å²) < 4.78 is 20.4. The molecule has 0 aliphatic rings. The number of hydrogen-bond donors (Lipinski definition) is 1. The molecule has 0 aliphatic carbocycles. The van der Waals surface area contributed by atoms with Crippen LogP contribution in [0.2, 0.25) is 0 Å². The predicted molar refractivity (Wildman–Crippen MR) is 131 cm³/mol. The average Bonchev–Trinajstić information content (AvgIpc) is 3.28. The van der Waals surface area contributed by atoms with Gasteiger partial charge in [0.1, 0.15) is 5.82 Å². The number of H-pyrrole nitrogens is 1. The fourth-order valence-corrected chi connectivity index (χ4v) is 3.95. The Morgan fingerprint density at radius 2 is 1.74 bits per heavy atom. The van der Waals surface area contributed by atoms with E-state index in [0.717, 1.165) is 10.1 Å². The van der Waals surface area contributed by atoms with Crippen LogP contribution in [0.25, 0.3) is 28.0 Å². The standard InChI is InChI=1S/C27H23FN4O3/c1-27(2,3)18-11-8-16(9-12-18)14-23-30-24(35-31-23)17-10-13-19-21(15-17)29-26(34)32(25(19)33)22-7-5-4-6-20(22)28/h4-13,15H,14H2,1-3H3,(H,29,34). The molecule has 0 saturated heterocycles. The number of benzene rings is 3. The second kappa shape index (κ2) is 8.47. The van der Waals surface area contributed by atoms with Crippen molar-refractivity contribution in [1.82, 2.24) is 19.7 Å². The minimum Gasteiger partial charge on any atom is -0.334 e. The number of aromatic amines is 1. The molecular formula is C27H23FN4O3. The summed E-state index contributed by atoms with van der Waals surface area (Å²) in [6.07, 6.45) is 0.506. The van der Waals surface area contributed by atoms with E-state index >= 15 is 0 Å². The third kappa shape index (κ3) is 4.30. The van der Waals surface area contributed by atoms with Gasteiger partial charge in [0.15, 0.2) is 5.82 Å². The zero-order valence-electron chi connectivity index (χ0n) is 19.5. The van der Waals surface area contributed by atoms with Gasteiger partial charge >= 0.3 is 5.69 Å². The Kier molecular flexibility index (Phi) is 5.43. The molecule has 35 heavy (non-hydrogen) atoms. The molecule has 0 atom stereocenters. The van der Waals surface area contributed by atoms with Crippen molar-refractivity contribution in [1.29, 1.82) is 0 Å². The number of nitrogens with zero attached hydrogens (tertiary/aromatic N) is 3. The van der Waals surface area contributed by atoms with Crippen LogP contribution in [-0.2, 0) is 11.8 Å². The van der Waals surface area contributed by atoms with Gasteiger partial charge < -0.3 is 9.51 Å². The average molecular weight is 471 g/mol. The lowest BCUT2D eigenvalue weighted by Gasteiger charge is -2.18. The van der Waals surface area contributed by atoms with E-state index in [1.807, 2.05) is 0 Å². The Labute approximate surface area is 199 Å². The molecule has 0 saturated carbocycles. The Morgan fingerprint density at radius 3 is 2.46 bits per heavy atom. The maximum absolute atomic E-state index is 14.2. The SMILES string of the molecule is CC(C)(C)c1ccc(Cc2noc(-c3ccc4c(=O)n(-c5ccccc5F)c(=O)[nH]c4c3)n2)cc1. The molecule has 7 nitrogen and oxygen atoms in total. The highest BCUT2D eigenvalue weighted by molar-refractivity contribution is 5.82. The summed E-state index contributed by atoms with van der Waals surface area (Å²) in [5, 5.41) is 4.30. The second-order valence-electron chi connectivity index (χ2n) is 9.42. The Balaban J connectivity index is 1.45. The van der Waals surface area contributed by atoms with Gasteiger partial charge in [0, 0.05) is 12.0 Å². The summed E-state index contributed by atoms with van der Waals surface area (Å²) in [6, 6.07) is 18.7. The molecule has 1 N–H and O–H groups in total. The first-order valence-electron chi connectivity index (χ1n) is 11.2. The molecule has 5 aromatic rings. The highest BCUT2D eigenvalue weighted by Gasteiger charge is 2.16. The monoisotopic (exact) mass is 470 g/mol. The summed E-state index contributed by atoms with van der Waals surface area (Å²) in [4.78, 5) is 32.7. The van der Waals surface area contributed by atoms with Crippen molar-refractivity contribution < 1.29 is 8.91 Å². The Morgan fingerprint density at radius 1 is 1.00 bits per heavy atom. The first-order valence-corrected chi connectivity index (χ1v) is 11.2. The molecule has 3 aromatic carbocycles. The first-order chi connectivity index (χ1) is 16.7. The van der Waals surface area contributed by atoms with Crippen LogP contribution < -0.4 is 11.2 Å². The number of fused-ring (bicyclic) bond motifs is 1. The molecule has 0 fully saturated rings. The van der Waals surface area contributed by atoms with Gasteiger partial charge in [-0.2, -0.15) is 4.98 Å². The number of halogens is 1. The molecule has 176 valence electrons. The quantitative estimate of drug-likeness (QED) is 0.409. The van der Waals surface area contributed by atoms with E-state index in [2.05, 4.69) is 60.2 Å². The van der Waals surface area contributed by atoms with E-state index < -0.39 is 17.1 Å². The molecule has 2 aromatic heterocycles. The third-order valence-corrected chi connectivity index (χ3v) is 5.89. The Hall–Kier alpha value is -4.33. The van der Waals surface area contributed by atoms with E-state index in [-0.39, 0.29) is 22.4 Å². The van der Waals surface area contributed by atoms with Crippen molar-refractivity contribution in [2.24, 2.45) is 0 Å². The summed E-state index contributed by atoms with van der Waals surface area (Å²) >= 11 is 0. The number of rotatable bonds is 4. The van der Waals surface area contributed by atoms with Gasteiger partial charge in [-0.1, -0.05) is 62.3 Å². The number of aromatic nitrogens is 4. The molecule has 5 rings (SSSR count). The van der Waals surface area contributed by atoms with E-state index in [4.69, 9.17) is 4.52 Å². The molecular weight excluding hydrogens is 447 g/mol. The van der Waals surface area contributed by atoms with E-state index in [1.165, 1.54) is 23.8 Å². The van der Waals surface area contributed by atoms with Gasteiger partial charge in [0.2, 0.25) is 0 Å². The maximum atomic E-state index is 14.2. The van der Waals surface area contributed by atoms with E-state index in [9.17, 15) is 14.0 Å². The second-order valence-corrected chi connectivity index (χ2v) is 9.42. The van der Waals surface area contributed by atoms with Crippen LogP contribution in [0, 0.1) is 5.82 Å². The third-order valence-electron chi connectivity index (χ3n) is 5.89. The lowest BCUT2D eigenvalue weighted by atomic mass is 9.86. The molecule has 8 heteroatoms. The van der Waals surface area contributed by atoms with E-state index in [0.29, 0.717) is 23.3 Å². The summed E-state index contributed by atoms with van der Waals surface area (Å²) in [7, 11) is 0. The van der Waals surface area contributed by atoms with Crippen molar-refractivity contribution in [3.63, 3.8) is 0 Å². The molecule has 0 unspecified atom stereocenters. The van der Waals surface area contributed by atoms with Crippen LogP contribution in [0.4, 0.5) is 4.39 Å². The molecule has 0 radical (unpaired) electrons. The predicted octanol–water partition coefficient (Wildman–Crippen LogP) is 4.76. The smallest absolute Gasteiger partial charge is 0.333 e. The van der Waals surface area contributed by atoms with E-state index in [1.54, 1.807) is 24.3 Å². The van der Waals surface area contributed by atoms with Gasteiger partial charge in [0.05, 0.1) is 16.6 Å². The van der Waals surface area contributed by atoms with Crippen LogP contribution in [0.3, 0.4) is 0 Å². The summed E-state index contributed by atoms with van der Waals surface area (Å²) in [5.74, 6) is 0.127. The van der Waals surface area contributed by atoms with Crippen LogP contribution in [0.15, 0.2) is 80.8 Å². The molecule has 0 bridgehead atoms. The first kappa shape index (κ1) is 22.5. The molecule has 2 heterocycles. The van der Waals surface area contributed by atoms with Gasteiger partial charge in [-0.3, -0.25) is 4.79 Å². The lowest BCUT2D eigenvalue weighted by molar-refractivity contribution is 0.424. The lowest BCUT2D eigenvalue weighted by Crippen LogP contribution is -2.34. The van der Waals surface area contributed by atoms with Gasteiger partial charge in [-0.15, -0.1) is 0 Å². The largest absolute Gasteiger partial charge is 0.334 e. The van der Waals surface area contributed by atoms with Gasteiger partial charge in [-0.05, 0) is 46.9 Å². The topological polar surface area (TPSA) is 93.8 Å². The van der Waals surface area contributed by atoms with Crippen LogP contribution in [0.1, 0.15) is 37.7 Å². The van der Waals surface area contributed by atoms with Crippen molar-refractivity contribution in [2.45, 2.75) is 32.6 Å². The summed E-state index contributed by atoms with van der Waals surface area (Å²) in [6.45, 7) is 6.50. The normalized spacial score (nSPS) is 11.8. The van der Waals surface area contributed by atoms with Crippen molar-refractivity contribution in [3.8, 4) is 17.1 Å². The number of hydrogen-bond acceptors (Lipinski definition) is 5. The highest BCUT2D eigenvalue weighted by atomic mass is 19.1.